The summed E-state index contributed by atoms with van der Waals surface area (Å²) in [6, 6.07) is 0. The Bertz CT molecular complexity index is 128. The Kier molecular flexibility index (Phi) is 0.980. The highest BCUT2D eigenvalue weighted by atomic mass is 16.3. The number of aliphatic hydroxyl groups is 1. The molecular weight excluding hydrogens is 102 g/mol. The van der Waals surface area contributed by atoms with E-state index in [0.717, 1.165) is 0 Å². The van der Waals surface area contributed by atoms with Crippen LogP contribution in [0.3, 0.4) is 0 Å². The fraction of sp³-hybridized carbons (Fsp3) is 1.00. The van der Waals surface area contributed by atoms with Crippen LogP contribution in [0.5, 0.6) is 0 Å². The second-order valence-corrected chi connectivity index (χ2v) is 2.22. The third kappa shape index (κ3) is 1.46. The molecule has 0 aromatic rings. The van der Waals surface area contributed by atoms with Crippen LogP contribution >= 0.6 is 0 Å². The number of likely N-dealkylation sites (tertiary alicyclic amines) is 1. The third-order valence-corrected chi connectivity index (χ3v) is 1.46. The van der Waals surface area contributed by atoms with Crippen molar-refractivity contribution >= 4 is 0 Å². The molecule has 1 fully saturated rings. The lowest BCUT2D eigenvalue weighted by Gasteiger charge is -2.25. The summed E-state index contributed by atoms with van der Waals surface area (Å²) in [4.78, 5) is 1.43. The molecule has 0 radical (unpaired) electrons. The Morgan fingerprint density at radius 1 is 1.62 bits per heavy atom. The summed E-state index contributed by atoms with van der Waals surface area (Å²) in [6.45, 7) is -1.00. The van der Waals surface area contributed by atoms with Gasteiger partial charge in [-0.3, -0.25) is 0 Å². The van der Waals surface area contributed by atoms with Gasteiger partial charge in [0.05, 0.1) is 6.10 Å². The molecular formula is C6H13NO. The fourth-order valence-corrected chi connectivity index (χ4v) is 0.866. The first-order valence-electron chi connectivity index (χ1n) is 4.43. The predicted molar refractivity (Wildman–Crippen MR) is 32.7 cm³/mol. The summed E-state index contributed by atoms with van der Waals surface area (Å²) in [7, 11) is 0. The van der Waals surface area contributed by atoms with Crippen LogP contribution in [-0.4, -0.2) is 36.2 Å². The first kappa shape index (κ1) is 3.18. The molecule has 1 aliphatic heterocycles. The van der Waals surface area contributed by atoms with Crippen molar-refractivity contribution in [2.45, 2.75) is 18.9 Å². The zero-order chi connectivity index (χ0) is 8.48. The van der Waals surface area contributed by atoms with Crippen LogP contribution in [0.4, 0.5) is 0 Å². The van der Waals surface area contributed by atoms with Gasteiger partial charge in [0, 0.05) is 17.2 Å². The molecule has 8 heavy (non-hydrogen) atoms. The molecule has 0 bridgehead atoms. The van der Waals surface area contributed by atoms with Crippen LogP contribution < -0.4 is 0 Å². The summed E-state index contributed by atoms with van der Waals surface area (Å²) in [5.41, 5.74) is 0. The summed E-state index contributed by atoms with van der Waals surface area (Å²) >= 11 is 0. The highest BCUT2D eigenvalue weighted by Crippen LogP contribution is 2.06. The zero-order valence-corrected chi connectivity index (χ0v) is 4.80. The molecule has 1 N–H and O–H groups in total. The summed E-state index contributed by atoms with van der Waals surface area (Å²) in [6.07, 6.45) is 0.866. The van der Waals surface area contributed by atoms with E-state index in [0.29, 0.717) is 25.9 Å². The molecule has 0 atom stereocenters. The Morgan fingerprint density at radius 3 is 2.75 bits per heavy atom. The molecule has 1 rings (SSSR count). The SMILES string of the molecule is [2H]C([2H])([2H])N1CCC(O)CC1. The lowest BCUT2D eigenvalue weighted by Crippen LogP contribution is -2.32. The van der Waals surface area contributed by atoms with Crippen molar-refractivity contribution < 1.29 is 9.22 Å². The monoisotopic (exact) mass is 118 g/mol. The van der Waals surface area contributed by atoms with Crippen LogP contribution in [0.2, 0.25) is 0 Å². The zero-order valence-electron chi connectivity index (χ0n) is 7.80. The van der Waals surface area contributed by atoms with E-state index in [4.69, 9.17) is 9.22 Å². The number of aliphatic hydroxyl groups excluding tert-OH is 1. The first-order valence-corrected chi connectivity index (χ1v) is 2.93. The summed E-state index contributed by atoms with van der Waals surface area (Å²) in [5, 5.41) is 9.08. The standard InChI is InChI=1S/C6H13NO/c1-7-4-2-6(8)3-5-7/h6,8H,2-5H2,1H3/i1D3. The van der Waals surface area contributed by atoms with E-state index in [1.807, 2.05) is 0 Å². The van der Waals surface area contributed by atoms with E-state index in [-0.39, 0.29) is 6.10 Å². The average Bonchev–Trinajstić information content (AvgIpc) is 1.86. The van der Waals surface area contributed by atoms with Gasteiger partial charge in [-0.2, -0.15) is 0 Å². The maximum absolute atomic E-state index is 9.08. The molecule has 48 valence electrons. The van der Waals surface area contributed by atoms with E-state index in [1.165, 1.54) is 4.90 Å². The van der Waals surface area contributed by atoms with Crippen LogP contribution in [0, 0.1) is 0 Å². The van der Waals surface area contributed by atoms with Crippen LogP contribution in [0.1, 0.15) is 17.0 Å². The van der Waals surface area contributed by atoms with Crippen LogP contribution in [-0.2, 0) is 0 Å². The van der Waals surface area contributed by atoms with Gasteiger partial charge in [0.15, 0.2) is 0 Å². The Balaban J connectivity index is 2.39. The summed E-state index contributed by atoms with van der Waals surface area (Å²) < 4.78 is 21.2. The molecule has 0 aromatic carbocycles. The van der Waals surface area contributed by atoms with Crippen molar-refractivity contribution in [2.24, 2.45) is 0 Å². The molecule has 0 saturated carbocycles. The largest absolute Gasteiger partial charge is 0.393 e. The van der Waals surface area contributed by atoms with Crippen molar-refractivity contribution in [3.05, 3.63) is 0 Å². The van der Waals surface area contributed by atoms with Gasteiger partial charge >= 0.3 is 0 Å². The van der Waals surface area contributed by atoms with Crippen LogP contribution in [0.25, 0.3) is 0 Å². The van der Waals surface area contributed by atoms with Crippen LogP contribution in [0.15, 0.2) is 0 Å². The average molecular weight is 118 g/mol. The van der Waals surface area contributed by atoms with Gasteiger partial charge in [0.2, 0.25) is 0 Å². The topological polar surface area (TPSA) is 23.5 Å². The van der Waals surface area contributed by atoms with Gasteiger partial charge in [0.25, 0.3) is 0 Å². The molecule has 0 aromatic heterocycles. The lowest BCUT2D eigenvalue weighted by molar-refractivity contribution is 0.0943. The highest BCUT2D eigenvalue weighted by Gasteiger charge is 2.12. The Morgan fingerprint density at radius 2 is 2.25 bits per heavy atom. The van der Waals surface area contributed by atoms with E-state index < -0.39 is 6.98 Å². The lowest BCUT2D eigenvalue weighted by atomic mass is 10.1. The van der Waals surface area contributed by atoms with Gasteiger partial charge in [-0.1, -0.05) is 0 Å². The van der Waals surface area contributed by atoms with Gasteiger partial charge < -0.3 is 10.0 Å². The maximum atomic E-state index is 9.08. The third-order valence-electron chi connectivity index (χ3n) is 1.46. The molecule has 2 heteroatoms. The van der Waals surface area contributed by atoms with E-state index >= 15 is 0 Å². The smallest absolute Gasteiger partial charge is 0.0564 e. The van der Waals surface area contributed by atoms with Gasteiger partial charge in [-0.05, 0) is 19.8 Å². The van der Waals surface area contributed by atoms with Crippen molar-refractivity contribution in [3.63, 3.8) is 0 Å². The molecule has 0 spiro atoms. The number of hydrogen-bond acceptors (Lipinski definition) is 2. The second kappa shape index (κ2) is 2.46. The Hall–Kier alpha value is -0.0800. The Labute approximate surface area is 54.3 Å². The number of nitrogens with zero attached hydrogens (tertiary/aromatic N) is 1. The minimum absolute atomic E-state index is 0.298. The minimum Gasteiger partial charge on any atom is -0.393 e. The van der Waals surface area contributed by atoms with E-state index in [2.05, 4.69) is 0 Å². The number of hydrogen-bond donors (Lipinski definition) is 1. The van der Waals surface area contributed by atoms with Gasteiger partial charge in [-0.15, -0.1) is 0 Å². The maximum Gasteiger partial charge on any atom is 0.0564 e. The van der Waals surface area contributed by atoms with Gasteiger partial charge in [0.1, 0.15) is 0 Å². The fourth-order valence-electron chi connectivity index (χ4n) is 0.866. The van der Waals surface area contributed by atoms with Gasteiger partial charge in [-0.25, -0.2) is 0 Å². The minimum atomic E-state index is -1.97. The summed E-state index contributed by atoms with van der Waals surface area (Å²) in [5.74, 6) is 0. The molecule has 0 aliphatic carbocycles. The highest BCUT2D eigenvalue weighted by molar-refractivity contribution is 4.67. The molecule has 2 nitrogen and oxygen atoms in total. The van der Waals surface area contributed by atoms with Crippen molar-refractivity contribution in [2.75, 3.05) is 20.1 Å². The van der Waals surface area contributed by atoms with Crippen molar-refractivity contribution in [1.82, 2.24) is 4.90 Å². The molecule has 0 amide bonds. The molecule has 1 heterocycles. The van der Waals surface area contributed by atoms with Crippen molar-refractivity contribution in [1.29, 1.82) is 0 Å². The quantitative estimate of drug-likeness (QED) is 0.486. The number of piperidine rings is 1. The predicted octanol–water partition coefficient (Wildman–Crippen LogP) is 0.0729. The van der Waals surface area contributed by atoms with E-state index in [9.17, 15) is 0 Å². The molecule has 1 aliphatic rings. The normalized spacial score (nSPS) is 33.4. The molecule has 0 unspecified atom stereocenters. The van der Waals surface area contributed by atoms with Crippen molar-refractivity contribution in [3.8, 4) is 0 Å². The molecule has 1 saturated heterocycles. The van der Waals surface area contributed by atoms with E-state index in [1.54, 1.807) is 0 Å². The first-order chi connectivity index (χ1) is 5.00. The second-order valence-electron chi connectivity index (χ2n) is 2.22. The number of rotatable bonds is 0.